The minimum absolute atomic E-state index is 0.0149. The van der Waals surface area contributed by atoms with Gasteiger partial charge in [0.15, 0.2) is 0 Å². The first-order valence-electron chi connectivity index (χ1n) is 8.30. The largest absolute Gasteiger partial charge is 0.368 e. The predicted molar refractivity (Wildman–Crippen MR) is 101 cm³/mol. The Morgan fingerprint density at radius 3 is 2.62 bits per heavy atom. The zero-order chi connectivity index (χ0) is 19.3. The molecule has 142 valence electrons. The molecule has 0 radical (unpaired) electrons. The molecule has 1 fully saturated rings. The highest BCUT2D eigenvalue weighted by Crippen LogP contribution is 2.25. The van der Waals surface area contributed by atoms with Gasteiger partial charge in [-0.25, -0.2) is 0 Å². The molecule has 1 atom stereocenters. The smallest absolute Gasteiger partial charge is 0.240 e. The number of nitrogens with one attached hydrogen (secondary N) is 1. The lowest BCUT2D eigenvalue weighted by atomic mass is 10.0. The maximum absolute atomic E-state index is 12.5. The van der Waals surface area contributed by atoms with Crippen LogP contribution in [0.25, 0.3) is 0 Å². The average molecular weight is 401 g/mol. The number of carbonyl (C=O) groups excluding carboxylic acids is 3. The Balaban J connectivity index is 1.87. The number of halogens is 2. The SMILES string of the molecule is CN(CC(=O)Nc1ccc(Cl)c(Cl)c1)CC(=O)N1CCCC[C@@H]1C(N)=O. The molecule has 0 saturated carbocycles. The standard InChI is InChI=1S/C17H22Cl2N4O3/c1-22(9-15(24)21-11-5-6-12(18)13(19)8-11)10-16(25)23-7-3-2-4-14(23)17(20)26/h5-6,8,14H,2-4,7,9-10H2,1H3,(H2,20,26)(H,21,24)/t14-/m1/s1. The fourth-order valence-electron chi connectivity index (χ4n) is 2.92. The van der Waals surface area contributed by atoms with Crippen molar-refractivity contribution in [3.8, 4) is 0 Å². The Morgan fingerprint density at radius 1 is 1.23 bits per heavy atom. The summed E-state index contributed by atoms with van der Waals surface area (Å²) in [4.78, 5) is 39.2. The van der Waals surface area contributed by atoms with Gasteiger partial charge in [-0.15, -0.1) is 0 Å². The van der Waals surface area contributed by atoms with Crippen LogP contribution in [0.15, 0.2) is 18.2 Å². The van der Waals surface area contributed by atoms with Crippen LogP contribution in [0, 0.1) is 0 Å². The molecule has 1 heterocycles. The summed E-state index contributed by atoms with van der Waals surface area (Å²) in [6.45, 7) is 0.551. The van der Waals surface area contributed by atoms with Crippen molar-refractivity contribution in [3.05, 3.63) is 28.2 Å². The fourth-order valence-corrected chi connectivity index (χ4v) is 3.22. The molecule has 1 aliphatic rings. The molecule has 26 heavy (non-hydrogen) atoms. The number of likely N-dealkylation sites (tertiary alicyclic amines) is 1. The van der Waals surface area contributed by atoms with Gasteiger partial charge in [0.25, 0.3) is 0 Å². The van der Waals surface area contributed by atoms with Crippen LogP contribution < -0.4 is 11.1 Å². The zero-order valence-corrected chi connectivity index (χ0v) is 16.0. The van der Waals surface area contributed by atoms with Crippen LogP contribution in [0.3, 0.4) is 0 Å². The molecular weight excluding hydrogens is 379 g/mol. The number of hydrogen-bond acceptors (Lipinski definition) is 4. The van der Waals surface area contributed by atoms with Crippen molar-refractivity contribution in [2.75, 3.05) is 32.0 Å². The van der Waals surface area contributed by atoms with Crippen molar-refractivity contribution in [1.29, 1.82) is 0 Å². The summed E-state index contributed by atoms with van der Waals surface area (Å²) in [6, 6.07) is 4.22. The number of carbonyl (C=O) groups is 3. The van der Waals surface area contributed by atoms with Crippen molar-refractivity contribution in [2.24, 2.45) is 5.73 Å². The molecule has 1 saturated heterocycles. The number of rotatable bonds is 6. The van der Waals surface area contributed by atoms with Gasteiger partial charge >= 0.3 is 0 Å². The molecule has 1 aromatic carbocycles. The van der Waals surface area contributed by atoms with E-state index in [1.165, 1.54) is 4.90 Å². The van der Waals surface area contributed by atoms with Gasteiger partial charge in [-0.3, -0.25) is 19.3 Å². The van der Waals surface area contributed by atoms with Crippen molar-refractivity contribution in [1.82, 2.24) is 9.80 Å². The van der Waals surface area contributed by atoms with Gasteiger partial charge < -0.3 is 16.0 Å². The van der Waals surface area contributed by atoms with Crippen LogP contribution in [0.1, 0.15) is 19.3 Å². The van der Waals surface area contributed by atoms with Crippen molar-refractivity contribution < 1.29 is 14.4 Å². The molecule has 0 bridgehead atoms. The highest BCUT2D eigenvalue weighted by atomic mass is 35.5. The first kappa shape index (κ1) is 20.5. The lowest BCUT2D eigenvalue weighted by Gasteiger charge is -2.34. The normalized spacial score (nSPS) is 17.2. The van der Waals surface area contributed by atoms with E-state index in [2.05, 4.69) is 5.32 Å². The summed E-state index contributed by atoms with van der Waals surface area (Å²) in [5.74, 6) is -0.986. The first-order chi connectivity index (χ1) is 12.3. The Labute approximate surface area is 162 Å². The van der Waals surface area contributed by atoms with Gasteiger partial charge in [-0.1, -0.05) is 23.2 Å². The van der Waals surface area contributed by atoms with Gasteiger partial charge in [-0.2, -0.15) is 0 Å². The Hall–Kier alpha value is -1.83. The van der Waals surface area contributed by atoms with E-state index >= 15 is 0 Å². The van der Waals surface area contributed by atoms with E-state index in [-0.39, 0.29) is 24.9 Å². The second kappa shape index (κ2) is 9.21. The second-order valence-electron chi connectivity index (χ2n) is 6.35. The Morgan fingerprint density at radius 2 is 1.96 bits per heavy atom. The summed E-state index contributed by atoms with van der Waals surface area (Å²) in [5.41, 5.74) is 5.91. The lowest BCUT2D eigenvalue weighted by Crippen LogP contribution is -2.53. The van der Waals surface area contributed by atoms with Crippen LogP contribution >= 0.6 is 23.2 Å². The minimum atomic E-state index is -0.560. The summed E-state index contributed by atoms with van der Waals surface area (Å²) >= 11 is 11.8. The van der Waals surface area contributed by atoms with Crippen LogP contribution in [0.2, 0.25) is 10.0 Å². The number of primary amides is 1. The number of hydrogen-bond donors (Lipinski definition) is 2. The van der Waals surface area contributed by atoms with E-state index < -0.39 is 11.9 Å². The van der Waals surface area contributed by atoms with Crippen LogP contribution in [-0.4, -0.2) is 60.2 Å². The van der Waals surface area contributed by atoms with Gasteiger partial charge in [0.05, 0.1) is 23.1 Å². The zero-order valence-electron chi connectivity index (χ0n) is 14.5. The fraction of sp³-hybridized carbons (Fsp3) is 0.471. The van der Waals surface area contributed by atoms with Crippen molar-refractivity contribution in [2.45, 2.75) is 25.3 Å². The third-order valence-electron chi connectivity index (χ3n) is 4.17. The van der Waals surface area contributed by atoms with E-state index in [4.69, 9.17) is 28.9 Å². The number of piperidine rings is 1. The van der Waals surface area contributed by atoms with Crippen molar-refractivity contribution >= 4 is 46.6 Å². The predicted octanol–water partition coefficient (Wildman–Crippen LogP) is 1.73. The third kappa shape index (κ3) is 5.59. The number of anilines is 1. The topological polar surface area (TPSA) is 95.7 Å². The number of nitrogens with two attached hydrogens (primary N) is 1. The lowest BCUT2D eigenvalue weighted by molar-refractivity contribution is -0.141. The minimum Gasteiger partial charge on any atom is -0.368 e. The molecular formula is C17H22Cl2N4O3. The highest BCUT2D eigenvalue weighted by molar-refractivity contribution is 6.42. The molecule has 7 nitrogen and oxygen atoms in total. The molecule has 1 aromatic rings. The Kier molecular flexibility index (Phi) is 7.25. The molecule has 0 spiro atoms. The van der Waals surface area contributed by atoms with Crippen LogP contribution in [0.4, 0.5) is 5.69 Å². The quantitative estimate of drug-likeness (QED) is 0.759. The number of amides is 3. The van der Waals surface area contributed by atoms with Gasteiger partial charge in [0.2, 0.25) is 17.7 Å². The maximum Gasteiger partial charge on any atom is 0.240 e. The number of likely N-dealkylation sites (N-methyl/N-ethyl adjacent to an activating group) is 1. The number of benzene rings is 1. The van der Waals surface area contributed by atoms with E-state index in [1.54, 1.807) is 30.1 Å². The molecule has 9 heteroatoms. The van der Waals surface area contributed by atoms with Gasteiger partial charge in [-0.05, 0) is 44.5 Å². The highest BCUT2D eigenvalue weighted by Gasteiger charge is 2.30. The summed E-state index contributed by atoms with van der Waals surface area (Å²) in [5, 5.41) is 3.44. The summed E-state index contributed by atoms with van der Waals surface area (Å²) < 4.78 is 0. The monoisotopic (exact) mass is 400 g/mol. The van der Waals surface area contributed by atoms with Gasteiger partial charge in [0.1, 0.15) is 6.04 Å². The van der Waals surface area contributed by atoms with Crippen LogP contribution in [-0.2, 0) is 14.4 Å². The third-order valence-corrected chi connectivity index (χ3v) is 4.91. The van der Waals surface area contributed by atoms with Crippen molar-refractivity contribution in [3.63, 3.8) is 0 Å². The van der Waals surface area contributed by atoms with E-state index in [0.717, 1.165) is 12.8 Å². The second-order valence-corrected chi connectivity index (χ2v) is 7.16. The molecule has 1 aliphatic heterocycles. The summed E-state index contributed by atoms with van der Waals surface area (Å²) in [7, 11) is 1.66. The van der Waals surface area contributed by atoms with E-state index in [1.807, 2.05) is 0 Å². The molecule has 0 unspecified atom stereocenters. The van der Waals surface area contributed by atoms with Gasteiger partial charge in [0, 0.05) is 12.2 Å². The molecule has 3 N–H and O–H groups in total. The average Bonchev–Trinajstić information content (AvgIpc) is 2.57. The first-order valence-corrected chi connectivity index (χ1v) is 9.05. The maximum atomic E-state index is 12.5. The Bertz CT molecular complexity index is 699. The molecule has 0 aliphatic carbocycles. The number of nitrogens with zero attached hydrogens (tertiary/aromatic N) is 2. The van der Waals surface area contributed by atoms with E-state index in [9.17, 15) is 14.4 Å². The molecule has 0 aromatic heterocycles. The van der Waals surface area contributed by atoms with Crippen LogP contribution in [0.5, 0.6) is 0 Å². The molecule has 2 rings (SSSR count). The molecule has 3 amide bonds. The van der Waals surface area contributed by atoms with E-state index in [0.29, 0.717) is 28.7 Å². The summed E-state index contributed by atoms with van der Waals surface area (Å²) in [6.07, 6.45) is 2.30.